The van der Waals surface area contributed by atoms with Crippen molar-refractivity contribution in [3.8, 4) is 0 Å². The molecule has 0 aromatic heterocycles. The molecule has 0 aliphatic heterocycles. The van der Waals surface area contributed by atoms with Gasteiger partial charge in [0.2, 0.25) is 0 Å². The molecule has 0 N–H and O–H groups in total. The van der Waals surface area contributed by atoms with Crippen molar-refractivity contribution in [3.63, 3.8) is 0 Å². The molecule has 26 heavy (non-hydrogen) atoms. The number of benzene rings is 2. The third-order valence-electron chi connectivity index (χ3n) is 4.86. The van der Waals surface area contributed by atoms with Crippen LogP contribution in [0.3, 0.4) is 0 Å². The van der Waals surface area contributed by atoms with Crippen LogP contribution in [-0.4, -0.2) is 11.6 Å². The van der Waals surface area contributed by atoms with Crippen molar-refractivity contribution in [3.05, 3.63) is 77.4 Å². The van der Waals surface area contributed by atoms with Crippen molar-refractivity contribution in [2.24, 2.45) is 0 Å². The maximum atomic E-state index is 12.0. The summed E-state index contributed by atoms with van der Waals surface area (Å²) in [5, 5.41) is 0. The first-order valence-electron chi connectivity index (χ1n) is 9.23. The van der Waals surface area contributed by atoms with E-state index < -0.39 is 0 Å². The summed E-state index contributed by atoms with van der Waals surface area (Å²) in [7, 11) is 0. The van der Waals surface area contributed by atoms with E-state index in [1.807, 2.05) is 56.3 Å². The number of rotatable bonds is 8. The molecule has 136 valence electrons. The highest BCUT2D eigenvalue weighted by molar-refractivity contribution is 5.97. The molecular formula is C24H28O2. The summed E-state index contributed by atoms with van der Waals surface area (Å²) < 4.78 is 0. The Hall–Kier alpha value is -2.48. The van der Waals surface area contributed by atoms with Crippen LogP contribution < -0.4 is 0 Å². The molecule has 2 heteroatoms. The highest BCUT2D eigenvalue weighted by atomic mass is 16.1. The van der Waals surface area contributed by atoms with Crippen LogP contribution in [0.2, 0.25) is 0 Å². The van der Waals surface area contributed by atoms with E-state index in [0.29, 0.717) is 12.8 Å². The van der Waals surface area contributed by atoms with Crippen LogP contribution >= 0.6 is 0 Å². The van der Waals surface area contributed by atoms with Crippen LogP contribution in [0.25, 0.3) is 5.57 Å². The van der Waals surface area contributed by atoms with Crippen molar-refractivity contribution in [2.75, 3.05) is 0 Å². The van der Waals surface area contributed by atoms with Gasteiger partial charge in [0.25, 0.3) is 0 Å². The van der Waals surface area contributed by atoms with Crippen LogP contribution in [0.4, 0.5) is 0 Å². The Bertz CT molecular complexity index is 828. The fraction of sp³-hybridized carbons (Fsp3) is 0.333. The first-order valence-corrected chi connectivity index (χ1v) is 9.23. The quantitative estimate of drug-likeness (QED) is 0.528. The van der Waals surface area contributed by atoms with E-state index in [0.717, 1.165) is 34.2 Å². The van der Waals surface area contributed by atoms with Crippen molar-refractivity contribution < 1.29 is 9.59 Å². The Morgan fingerprint density at radius 3 is 1.92 bits per heavy atom. The monoisotopic (exact) mass is 348 g/mol. The van der Waals surface area contributed by atoms with E-state index in [-0.39, 0.29) is 17.0 Å². The number of carbonyl (C=O) groups excluding carboxylic acids is 2. The SMILES string of the molecule is C=C(CC(C)(C)c1cccc(C(=O)CC)c1)c1cccc(C(=O)CC)c1. The van der Waals surface area contributed by atoms with Crippen LogP contribution in [-0.2, 0) is 5.41 Å². The third-order valence-corrected chi connectivity index (χ3v) is 4.86. The van der Waals surface area contributed by atoms with E-state index in [4.69, 9.17) is 0 Å². The fourth-order valence-electron chi connectivity index (χ4n) is 3.17. The first-order chi connectivity index (χ1) is 12.3. The van der Waals surface area contributed by atoms with Crippen LogP contribution in [0.15, 0.2) is 55.1 Å². The molecule has 2 aromatic rings. The minimum absolute atomic E-state index is 0.143. The summed E-state index contributed by atoms with van der Waals surface area (Å²) in [6.45, 7) is 12.3. The minimum Gasteiger partial charge on any atom is -0.294 e. The van der Waals surface area contributed by atoms with Crippen molar-refractivity contribution in [1.29, 1.82) is 0 Å². The maximum absolute atomic E-state index is 12.0. The van der Waals surface area contributed by atoms with E-state index in [2.05, 4.69) is 26.5 Å². The van der Waals surface area contributed by atoms with Gasteiger partial charge in [-0.25, -0.2) is 0 Å². The molecule has 0 aliphatic carbocycles. The zero-order valence-electron chi connectivity index (χ0n) is 16.3. The number of ketones is 2. The molecule has 0 aliphatic rings. The van der Waals surface area contributed by atoms with Gasteiger partial charge in [-0.3, -0.25) is 9.59 Å². The van der Waals surface area contributed by atoms with Gasteiger partial charge in [-0.05, 0) is 40.7 Å². The van der Waals surface area contributed by atoms with Gasteiger partial charge in [-0.1, -0.05) is 70.7 Å². The van der Waals surface area contributed by atoms with Crippen molar-refractivity contribution >= 4 is 17.1 Å². The second-order valence-corrected chi connectivity index (χ2v) is 7.38. The zero-order chi connectivity index (χ0) is 19.3. The molecule has 0 saturated heterocycles. The smallest absolute Gasteiger partial charge is 0.162 e. The van der Waals surface area contributed by atoms with Crippen molar-refractivity contribution in [2.45, 2.75) is 52.4 Å². The molecular weight excluding hydrogens is 320 g/mol. The van der Waals surface area contributed by atoms with Crippen molar-refractivity contribution in [1.82, 2.24) is 0 Å². The Morgan fingerprint density at radius 2 is 1.35 bits per heavy atom. The second kappa shape index (κ2) is 8.27. The lowest BCUT2D eigenvalue weighted by atomic mass is 9.77. The topological polar surface area (TPSA) is 34.1 Å². The van der Waals surface area contributed by atoms with E-state index in [1.165, 1.54) is 0 Å². The molecule has 0 fully saturated rings. The molecule has 0 bridgehead atoms. The van der Waals surface area contributed by atoms with E-state index in [1.54, 1.807) is 0 Å². The molecule has 2 aromatic carbocycles. The van der Waals surface area contributed by atoms with Gasteiger partial charge >= 0.3 is 0 Å². The maximum Gasteiger partial charge on any atom is 0.162 e. The summed E-state index contributed by atoms with van der Waals surface area (Å²) in [5.74, 6) is 0.303. The zero-order valence-corrected chi connectivity index (χ0v) is 16.3. The Balaban J connectivity index is 2.25. The molecule has 2 rings (SSSR count). The van der Waals surface area contributed by atoms with Gasteiger partial charge in [0.1, 0.15) is 0 Å². The summed E-state index contributed by atoms with van der Waals surface area (Å²) in [6.07, 6.45) is 1.76. The van der Waals surface area contributed by atoms with Gasteiger partial charge in [0, 0.05) is 24.0 Å². The standard InChI is InChI=1S/C24H28O2/c1-6-22(25)19-11-8-10-18(14-19)17(3)16-24(4,5)21-13-9-12-20(15-21)23(26)7-2/h8-15H,3,6-7,16H2,1-2,4-5H3. The minimum atomic E-state index is -0.161. The lowest BCUT2D eigenvalue weighted by molar-refractivity contribution is 0.0980. The number of carbonyl (C=O) groups is 2. The number of allylic oxidation sites excluding steroid dienone is 1. The summed E-state index contributed by atoms with van der Waals surface area (Å²) >= 11 is 0. The fourth-order valence-corrected chi connectivity index (χ4v) is 3.17. The van der Waals surface area contributed by atoms with Gasteiger partial charge in [0.15, 0.2) is 11.6 Å². The van der Waals surface area contributed by atoms with E-state index in [9.17, 15) is 9.59 Å². The highest BCUT2D eigenvalue weighted by Crippen LogP contribution is 2.34. The van der Waals surface area contributed by atoms with Gasteiger partial charge in [-0.15, -0.1) is 0 Å². The first kappa shape index (κ1) is 19.8. The lowest BCUT2D eigenvalue weighted by Gasteiger charge is -2.27. The molecule has 2 nitrogen and oxygen atoms in total. The summed E-state index contributed by atoms with van der Waals surface area (Å²) in [5.41, 5.74) is 4.45. The van der Waals surface area contributed by atoms with Crippen LogP contribution in [0, 0.1) is 0 Å². The van der Waals surface area contributed by atoms with Crippen LogP contribution in [0.1, 0.15) is 78.8 Å². The van der Waals surface area contributed by atoms with Gasteiger partial charge in [0.05, 0.1) is 0 Å². The molecule has 0 unspecified atom stereocenters. The Morgan fingerprint density at radius 1 is 0.846 bits per heavy atom. The molecule has 0 radical (unpaired) electrons. The molecule has 0 heterocycles. The normalized spacial score (nSPS) is 11.2. The number of hydrogen-bond donors (Lipinski definition) is 0. The number of hydrogen-bond acceptors (Lipinski definition) is 2. The second-order valence-electron chi connectivity index (χ2n) is 7.38. The molecule has 0 spiro atoms. The summed E-state index contributed by atoms with van der Waals surface area (Å²) in [6, 6.07) is 15.6. The number of Topliss-reactive ketones (excluding diaryl/α,β-unsaturated/α-hetero) is 2. The Labute approximate surface area is 157 Å². The summed E-state index contributed by atoms with van der Waals surface area (Å²) in [4.78, 5) is 24.0. The molecule has 0 saturated carbocycles. The van der Waals surface area contributed by atoms with Gasteiger partial charge in [-0.2, -0.15) is 0 Å². The third kappa shape index (κ3) is 4.57. The highest BCUT2D eigenvalue weighted by Gasteiger charge is 2.23. The predicted octanol–water partition coefficient (Wildman–Crippen LogP) is 6.25. The van der Waals surface area contributed by atoms with Crippen LogP contribution in [0.5, 0.6) is 0 Å². The average Bonchev–Trinajstić information content (AvgIpc) is 2.66. The average molecular weight is 348 g/mol. The lowest BCUT2D eigenvalue weighted by Crippen LogP contribution is -2.18. The molecule has 0 atom stereocenters. The molecule has 0 amide bonds. The predicted molar refractivity (Wildman–Crippen MR) is 109 cm³/mol. The van der Waals surface area contributed by atoms with E-state index >= 15 is 0 Å². The Kier molecular flexibility index (Phi) is 6.31. The van der Waals surface area contributed by atoms with Gasteiger partial charge < -0.3 is 0 Å². The largest absolute Gasteiger partial charge is 0.294 e.